The van der Waals surface area contributed by atoms with Crippen LogP contribution in [0.4, 0.5) is 0 Å². The number of rotatable bonds is 7. The molecule has 0 spiro atoms. The van der Waals surface area contributed by atoms with Gasteiger partial charge >= 0.3 is 0 Å². The van der Waals surface area contributed by atoms with Gasteiger partial charge in [0, 0.05) is 23.7 Å². The minimum Gasteiger partial charge on any atom is -0.349 e. The molecule has 0 aliphatic rings. The van der Waals surface area contributed by atoms with Crippen LogP contribution >= 0.6 is 11.6 Å². The molecular weight excluding hydrogens is 348 g/mol. The molecule has 0 aromatic heterocycles. The molecule has 0 unspecified atom stereocenters. The smallest absolute Gasteiger partial charge is 0.251 e. The number of carbonyl (C=O) groups excluding carboxylic acids is 1. The maximum absolute atomic E-state index is 12.3. The second-order valence-electron chi connectivity index (χ2n) is 4.97. The molecule has 0 aliphatic carbocycles. The van der Waals surface area contributed by atoms with E-state index in [2.05, 4.69) is 16.6 Å². The zero-order valence-electron chi connectivity index (χ0n) is 12.8. The molecule has 0 saturated carbocycles. The summed E-state index contributed by atoms with van der Waals surface area (Å²) in [5, 5.41) is 3.21. The summed E-state index contributed by atoms with van der Waals surface area (Å²) in [7, 11) is -3.66. The summed E-state index contributed by atoms with van der Waals surface area (Å²) in [5.41, 5.74) is 1.18. The Balaban J connectivity index is 2.04. The average molecular weight is 365 g/mol. The van der Waals surface area contributed by atoms with Crippen molar-refractivity contribution in [3.8, 4) is 0 Å². The van der Waals surface area contributed by atoms with E-state index in [1.54, 1.807) is 30.3 Å². The van der Waals surface area contributed by atoms with Crippen LogP contribution in [0.1, 0.15) is 15.9 Å². The Bertz CT molecular complexity index is 816. The van der Waals surface area contributed by atoms with Gasteiger partial charge in [0.15, 0.2) is 0 Å². The minimum absolute atomic E-state index is 0.0942. The SMILES string of the molecule is C=CCNC(=O)c1ccc(S(=O)(=O)NCc2ccc(Cl)cc2)cc1. The van der Waals surface area contributed by atoms with Crippen molar-refractivity contribution in [3.63, 3.8) is 0 Å². The third-order valence-corrected chi connectivity index (χ3v) is 4.88. The molecule has 0 saturated heterocycles. The van der Waals surface area contributed by atoms with Crippen LogP contribution in [0.5, 0.6) is 0 Å². The number of benzene rings is 2. The highest BCUT2D eigenvalue weighted by Gasteiger charge is 2.14. The lowest BCUT2D eigenvalue weighted by molar-refractivity contribution is 0.0958. The van der Waals surface area contributed by atoms with Gasteiger partial charge in [0.05, 0.1) is 4.90 Å². The van der Waals surface area contributed by atoms with E-state index in [9.17, 15) is 13.2 Å². The first kappa shape index (κ1) is 18.2. The zero-order valence-corrected chi connectivity index (χ0v) is 14.4. The van der Waals surface area contributed by atoms with Crippen LogP contribution in [-0.4, -0.2) is 20.9 Å². The quantitative estimate of drug-likeness (QED) is 0.742. The molecule has 0 aliphatic heterocycles. The number of amides is 1. The number of halogens is 1. The third kappa shape index (κ3) is 4.92. The van der Waals surface area contributed by atoms with Gasteiger partial charge in [0.25, 0.3) is 5.91 Å². The first-order valence-corrected chi connectivity index (χ1v) is 9.02. The number of sulfonamides is 1. The van der Waals surface area contributed by atoms with Crippen molar-refractivity contribution in [1.29, 1.82) is 0 Å². The molecule has 2 aromatic rings. The van der Waals surface area contributed by atoms with Gasteiger partial charge in [-0.05, 0) is 42.0 Å². The molecular formula is C17H17ClN2O3S. The highest BCUT2D eigenvalue weighted by molar-refractivity contribution is 7.89. The molecule has 5 nitrogen and oxygen atoms in total. The molecule has 126 valence electrons. The topological polar surface area (TPSA) is 75.3 Å². The molecule has 24 heavy (non-hydrogen) atoms. The fourth-order valence-electron chi connectivity index (χ4n) is 1.92. The second-order valence-corrected chi connectivity index (χ2v) is 7.18. The fraction of sp³-hybridized carbons (Fsp3) is 0.118. The summed E-state index contributed by atoms with van der Waals surface area (Å²) in [6.07, 6.45) is 1.57. The van der Waals surface area contributed by atoms with Gasteiger partial charge < -0.3 is 5.32 Å². The highest BCUT2D eigenvalue weighted by Crippen LogP contribution is 2.13. The largest absolute Gasteiger partial charge is 0.349 e. The van der Waals surface area contributed by atoms with E-state index in [-0.39, 0.29) is 17.3 Å². The summed E-state index contributed by atoms with van der Waals surface area (Å²) >= 11 is 5.79. The van der Waals surface area contributed by atoms with E-state index in [4.69, 9.17) is 11.6 Å². The second kappa shape index (κ2) is 8.10. The van der Waals surface area contributed by atoms with Crippen LogP contribution in [0.3, 0.4) is 0 Å². The van der Waals surface area contributed by atoms with Crippen molar-refractivity contribution in [1.82, 2.24) is 10.0 Å². The molecule has 2 rings (SSSR count). The lowest BCUT2D eigenvalue weighted by Gasteiger charge is -2.08. The van der Waals surface area contributed by atoms with Crippen LogP contribution in [0, 0.1) is 0 Å². The van der Waals surface area contributed by atoms with Crippen molar-refractivity contribution >= 4 is 27.5 Å². The van der Waals surface area contributed by atoms with E-state index in [1.807, 2.05) is 0 Å². The molecule has 0 fully saturated rings. The molecule has 0 bridgehead atoms. The Hall–Kier alpha value is -2.15. The van der Waals surface area contributed by atoms with Crippen molar-refractivity contribution < 1.29 is 13.2 Å². The lowest BCUT2D eigenvalue weighted by atomic mass is 10.2. The predicted octanol–water partition coefficient (Wildman–Crippen LogP) is 2.73. The van der Waals surface area contributed by atoms with Crippen LogP contribution in [-0.2, 0) is 16.6 Å². The van der Waals surface area contributed by atoms with Crippen LogP contribution in [0.2, 0.25) is 5.02 Å². The Kier molecular flexibility index (Phi) is 6.14. The summed E-state index contributed by atoms with van der Waals surface area (Å²) in [4.78, 5) is 11.9. The predicted molar refractivity (Wildman–Crippen MR) is 94.4 cm³/mol. The highest BCUT2D eigenvalue weighted by atomic mass is 35.5. The average Bonchev–Trinajstić information content (AvgIpc) is 2.59. The molecule has 0 heterocycles. The summed E-state index contributed by atoms with van der Waals surface area (Å²) in [5.74, 6) is -0.284. The van der Waals surface area contributed by atoms with Gasteiger partial charge in [-0.1, -0.05) is 29.8 Å². The van der Waals surface area contributed by atoms with Crippen molar-refractivity contribution in [2.75, 3.05) is 6.54 Å². The Morgan fingerprint density at radius 2 is 1.71 bits per heavy atom. The molecule has 2 aromatic carbocycles. The monoisotopic (exact) mass is 364 g/mol. The van der Waals surface area contributed by atoms with Gasteiger partial charge in [0.1, 0.15) is 0 Å². The minimum atomic E-state index is -3.66. The molecule has 0 radical (unpaired) electrons. The molecule has 2 N–H and O–H groups in total. The van der Waals surface area contributed by atoms with Crippen LogP contribution in [0.15, 0.2) is 66.1 Å². The molecule has 1 amide bonds. The summed E-state index contributed by atoms with van der Waals surface area (Å²) < 4.78 is 27.1. The number of hydrogen-bond donors (Lipinski definition) is 2. The van der Waals surface area contributed by atoms with E-state index in [1.165, 1.54) is 24.3 Å². The maximum Gasteiger partial charge on any atom is 0.251 e. The Labute approximate surface area is 146 Å². The van der Waals surface area contributed by atoms with Crippen molar-refractivity contribution in [3.05, 3.63) is 77.3 Å². The maximum atomic E-state index is 12.3. The van der Waals surface area contributed by atoms with Crippen LogP contribution in [0.25, 0.3) is 0 Å². The molecule has 7 heteroatoms. The number of carbonyl (C=O) groups is 1. The van der Waals surface area contributed by atoms with E-state index in [0.29, 0.717) is 17.1 Å². The first-order valence-electron chi connectivity index (χ1n) is 7.15. The van der Waals surface area contributed by atoms with E-state index in [0.717, 1.165) is 5.56 Å². The van der Waals surface area contributed by atoms with E-state index >= 15 is 0 Å². The van der Waals surface area contributed by atoms with Gasteiger partial charge in [-0.25, -0.2) is 13.1 Å². The van der Waals surface area contributed by atoms with Crippen LogP contribution < -0.4 is 10.0 Å². The standard InChI is InChI=1S/C17H17ClN2O3S/c1-2-11-19-17(21)14-5-9-16(10-6-14)24(22,23)20-12-13-3-7-15(18)8-4-13/h2-10,20H,1,11-12H2,(H,19,21). The van der Waals surface area contributed by atoms with E-state index < -0.39 is 10.0 Å². The molecule has 0 atom stereocenters. The first-order chi connectivity index (χ1) is 11.4. The summed E-state index contributed by atoms with van der Waals surface area (Å²) in [6, 6.07) is 12.6. The van der Waals surface area contributed by atoms with Crippen molar-refractivity contribution in [2.24, 2.45) is 0 Å². The normalized spacial score (nSPS) is 11.0. The van der Waals surface area contributed by atoms with Gasteiger partial charge in [-0.15, -0.1) is 6.58 Å². The van der Waals surface area contributed by atoms with Gasteiger partial charge in [-0.2, -0.15) is 0 Å². The Morgan fingerprint density at radius 3 is 2.29 bits per heavy atom. The summed E-state index contributed by atoms with van der Waals surface area (Å²) in [6.45, 7) is 4.02. The lowest BCUT2D eigenvalue weighted by Crippen LogP contribution is -2.24. The number of nitrogens with one attached hydrogen (secondary N) is 2. The zero-order chi connectivity index (χ0) is 17.6. The van der Waals surface area contributed by atoms with Gasteiger partial charge in [0.2, 0.25) is 10.0 Å². The Morgan fingerprint density at radius 1 is 1.08 bits per heavy atom. The number of hydrogen-bond acceptors (Lipinski definition) is 3. The van der Waals surface area contributed by atoms with Gasteiger partial charge in [-0.3, -0.25) is 4.79 Å². The van der Waals surface area contributed by atoms with Crippen molar-refractivity contribution in [2.45, 2.75) is 11.4 Å². The third-order valence-electron chi connectivity index (χ3n) is 3.21. The fourth-order valence-corrected chi connectivity index (χ4v) is 3.06.